The van der Waals surface area contributed by atoms with Crippen LogP contribution in [0.1, 0.15) is 68.1 Å². The summed E-state index contributed by atoms with van der Waals surface area (Å²) in [5, 5.41) is 12.7. The van der Waals surface area contributed by atoms with Gasteiger partial charge in [-0.25, -0.2) is 9.78 Å². The van der Waals surface area contributed by atoms with Crippen molar-refractivity contribution in [2.24, 2.45) is 0 Å². The molecule has 1 N–H and O–H groups in total. The molecule has 4 heterocycles. The van der Waals surface area contributed by atoms with Gasteiger partial charge in [0.05, 0.1) is 17.5 Å². The Labute approximate surface area is 193 Å². The van der Waals surface area contributed by atoms with Gasteiger partial charge in [-0.2, -0.15) is 14.6 Å². The highest BCUT2D eigenvalue weighted by Gasteiger charge is 2.25. The number of hydrogen-bond donors (Lipinski definition) is 1. The van der Waals surface area contributed by atoms with Gasteiger partial charge in [-0.1, -0.05) is 26.2 Å². The maximum Gasteiger partial charge on any atom is 0.344 e. The number of H-pyrrole nitrogens is 1. The lowest BCUT2D eigenvalue weighted by Gasteiger charge is -2.17. The molecule has 0 aromatic carbocycles. The fourth-order valence-corrected chi connectivity index (χ4v) is 5.07. The van der Waals surface area contributed by atoms with E-state index in [9.17, 15) is 9.59 Å². The van der Waals surface area contributed by atoms with Gasteiger partial charge in [0, 0.05) is 18.3 Å². The van der Waals surface area contributed by atoms with E-state index in [1.807, 2.05) is 6.92 Å². The predicted octanol–water partition coefficient (Wildman–Crippen LogP) is 3.49. The van der Waals surface area contributed by atoms with Crippen LogP contribution in [0.5, 0.6) is 0 Å². The van der Waals surface area contributed by atoms with E-state index in [-0.39, 0.29) is 23.5 Å². The molecular weight excluding hydrogens is 442 g/mol. The van der Waals surface area contributed by atoms with Crippen molar-refractivity contribution in [1.29, 1.82) is 0 Å². The van der Waals surface area contributed by atoms with E-state index < -0.39 is 5.97 Å². The highest BCUT2D eigenvalue weighted by molar-refractivity contribution is 7.99. The van der Waals surface area contributed by atoms with Crippen molar-refractivity contribution < 1.29 is 9.53 Å². The quantitative estimate of drug-likeness (QED) is 0.338. The molecule has 0 unspecified atom stereocenters. The fourth-order valence-electron chi connectivity index (χ4n) is 4.36. The van der Waals surface area contributed by atoms with Gasteiger partial charge >= 0.3 is 5.97 Å². The van der Waals surface area contributed by atoms with E-state index in [1.54, 1.807) is 23.7 Å². The number of ether oxygens (including phenoxy) is 1. The molecule has 1 saturated carbocycles. The summed E-state index contributed by atoms with van der Waals surface area (Å²) in [5.74, 6) is 2.08. The Morgan fingerprint density at radius 1 is 1.27 bits per heavy atom. The number of carbonyl (C=O) groups is 1. The van der Waals surface area contributed by atoms with Crippen LogP contribution in [-0.4, -0.2) is 52.7 Å². The number of pyridine rings is 1. The SMILES string of the molecule is CCOC(=O)c1c(SCC)n[nH]c1-n1ccc2c(cnc3nc(C4CCCCC4)nn32)c1=O. The van der Waals surface area contributed by atoms with Crippen molar-refractivity contribution in [2.75, 3.05) is 12.4 Å². The number of nitrogens with one attached hydrogen (secondary N) is 1. The highest BCUT2D eigenvalue weighted by atomic mass is 32.2. The average Bonchev–Trinajstić information content (AvgIpc) is 3.45. The molecule has 4 aromatic rings. The molecule has 4 aromatic heterocycles. The third kappa shape index (κ3) is 3.79. The minimum atomic E-state index is -0.522. The van der Waals surface area contributed by atoms with Gasteiger partial charge < -0.3 is 4.74 Å². The largest absolute Gasteiger partial charge is 0.462 e. The smallest absolute Gasteiger partial charge is 0.344 e. The lowest BCUT2D eigenvalue weighted by atomic mass is 9.89. The lowest BCUT2D eigenvalue weighted by molar-refractivity contribution is 0.0522. The summed E-state index contributed by atoms with van der Waals surface area (Å²) in [6, 6.07) is 1.78. The maximum absolute atomic E-state index is 13.4. The van der Waals surface area contributed by atoms with Crippen molar-refractivity contribution >= 4 is 34.4 Å². The first-order valence-electron chi connectivity index (χ1n) is 11.3. The van der Waals surface area contributed by atoms with E-state index in [0.717, 1.165) is 24.4 Å². The van der Waals surface area contributed by atoms with Crippen molar-refractivity contribution in [2.45, 2.75) is 56.9 Å². The Kier molecular flexibility index (Phi) is 5.88. The van der Waals surface area contributed by atoms with Crippen molar-refractivity contribution in [3.8, 4) is 5.82 Å². The van der Waals surface area contributed by atoms with Gasteiger partial charge in [0.25, 0.3) is 11.3 Å². The third-order valence-electron chi connectivity index (χ3n) is 5.94. The summed E-state index contributed by atoms with van der Waals surface area (Å²) in [6.07, 6.45) is 8.92. The van der Waals surface area contributed by atoms with Crippen LogP contribution in [0.4, 0.5) is 0 Å². The second-order valence-electron chi connectivity index (χ2n) is 7.97. The second-order valence-corrected chi connectivity index (χ2v) is 9.22. The maximum atomic E-state index is 13.4. The van der Waals surface area contributed by atoms with Gasteiger partial charge in [0.2, 0.25) is 0 Å². The van der Waals surface area contributed by atoms with Crippen LogP contribution in [0.25, 0.3) is 22.5 Å². The normalized spacial score (nSPS) is 14.8. The van der Waals surface area contributed by atoms with Crippen LogP contribution in [0, 0.1) is 0 Å². The molecule has 0 atom stereocenters. The molecule has 5 rings (SSSR count). The Morgan fingerprint density at radius 2 is 2.09 bits per heavy atom. The van der Waals surface area contributed by atoms with Crippen LogP contribution in [0.15, 0.2) is 28.3 Å². The van der Waals surface area contributed by atoms with Crippen LogP contribution in [0.3, 0.4) is 0 Å². The van der Waals surface area contributed by atoms with Gasteiger partial charge in [-0.3, -0.25) is 14.5 Å². The summed E-state index contributed by atoms with van der Waals surface area (Å²) in [7, 11) is 0. The van der Waals surface area contributed by atoms with Crippen LogP contribution in [0.2, 0.25) is 0 Å². The number of aromatic nitrogens is 7. The van der Waals surface area contributed by atoms with E-state index in [1.165, 1.54) is 41.8 Å². The number of nitrogens with zero attached hydrogens (tertiary/aromatic N) is 6. The minimum Gasteiger partial charge on any atom is -0.462 e. The molecule has 0 aliphatic heterocycles. The van der Waals surface area contributed by atoms with Gasteiger partial charge in [-0.05, 0) is 31.6 Å². The van der Waals surface area contributed by atoms with Gasteiger partial charge in [0.1, 0.15) is 10.6 Å². The van der Waals surface area contributed by atoms with Crippen molar-refractivity contribution in [3.05, 3.63) is 40.2 Å². The summed E-state index contributed by atoms with van der Waals surface area (Å²) >= 11 is 1.41. The Balaban J connectivity index is 1.63. The molecule has 10 nitrogen and oxygen atoms in total. The second kappa shape index (κ2) is 8.97. The first-order valence-corrected chi connectivity index (χ1v) is 12.3. The zero-order valence-electron chi connectivity index (χ0n) is 18.6. The average molecular weight is 468 g/mol. The summed E-state index contributed by atoms with van der Waals surface area (Å²) < 4.78 is 8.23. The van der Waals surface area contributed by atoms with Crippen molar-refractivity contribution in [1.82, 2.24) is 34.3 Å². The molecule has 0 amide bonds. The van der Waals surface area contributed by atoms with Gasteiger partial charge in [-0.15, -0.1) is 16.9 Å². The summed E-state index contributed by atoms with van der Waals surface area (Å²) in [4.78, 5) is 35.1. The molecule has 11 heteroatoms. The molecule has 1 aliphatic rings. The highest BCUT2D eigenvalue weighted by Crippen LogP contribution is 2.31. The topological polar surface area (TPSA) is 120 Å². The van der Waals surface area contributed by atoms with Gasteiger partial charge in [0.15, 0.2) is 11.6 Å². The Bertz CT molecular complexity index is 1380. The third-order valence-corrected chi connectivity index (χ3v) is 6.79. The van der Waals surface area contributed by atoms with Crippen molar-refractivity contribution in [3.63, 3.8) is 0 Å². The number of aromatic amines is 1. The molecule has 0 bridgehead atoms. The first kappa shape index (κ1) is 21.6. The molecule has 0 saturated heterocycles. The van der Waals surface area contributed by atoms with Crippen LogP contribution >= 0.6 is 11.8 Å². The number of fused-ring (bicyclic) bond motifs is 3. The Morgan fingerprint density at radius 3 is 2.85 bits per heavy atom. The number of hydrogen-bond acceptors (Lipinski definition) is 8. The predicted molar refractivity (Wildman–Crippen MR) is 124 cm³/mol. The zero-order chi connectivity index (χ0) is 22.9. The number of rotatable bonds is 6. The lowest BCUT2D eigenvalue weighted by Crippen LogP contribution is -2.21. The van der Waals surface area contributed by atoms with E-state index in [2.05, 4.69) is 20.2 Å². The number of esters is 1. The van der Waals surface area contributed by atoms with Crippen LogP contribution < -0.4 is 5.56 Å². The monoisotopic (exact) mass is 467 g/mol. The summed E-state index contributed by atoms with van der Waals surface area (Å²) in [5.41, 5.74) is 0.537. The molecule has 0 radical (unpaired) electrons. The summed E-state index contributed by atoms with van der Waals surface area (Å²) in [6.45, 7) is 3.93. The number of carbonyl (C=O) groups excluding carboxylic acids is 1. The molecule has 172 valence electrons. The van der Waals surface area contributed by atoms with E-state index in [4.69, 9.17) is 9.84 Å². The molecular formula is C22H25N7O3S. The van der Waals surface area contributed by atoms with E-state index >= 15 is 0 Å². The van der Waals surface area contributed by atoms with E-state index in [0.29, 0.717) is 27.6 Å². The molecule has 33 heavy (non-hydrogen) atoms. The molecule has 0 spiro atoms. The molecule has 1 aliphatic carbocycles. The zero-order valence-corrected chi connectivity index (χ0v) is 19.4. The first-order chi connectivity index (χ1) is 16.1. The standard InChI is InChI=1S/C22H25N7O3S/c1-3-32-21(31)16-18(25-26-19(16)33-4-2)28-11-10-15-14(20(28)30)12-23-22-24-17(27-29(15)22)13-8-6-5-7-9-13/h10-13H,3-9H2,1-2H3,(H,25,26). The Hall–Kier alpha value is -3.21. The fraction of sp³-hybridized carbons (Fsp3) is 0.455. The molecule has 1 fully saturated rings. The minimum absolute atomic E-state index is 0.226. The van der Waals surface area contributed by atoms with Crippen LogP contribution in [-0.2, 0) is 4.74 Å². The number of thioether (sulfide) groups is 1.